The molecule has 0 unspecified atom stereocenters. The molecule has 0 atom stereocenters. The summed E-state index contributed by atoms with van der Waals surface area (Å²) in [5.41, 5.74) is 1.38. The standard InChI is InChI=1S/C9H7Cl3O/c10-5-2-6-13-9-7(11)3-1-4-8(9)12/h1-5H,6H2/b5-2+. The van der Waals surface area contributed by atoms with Gasteiger partial charge in [-0.25, -0.2) is 0 Å². The molecule has 1 aromatic rings. The van der Waals surface area contributed by atoms with E-state index >= 15 is 0 Å². The number of hydrogen-bond acceptors (Lipinski definition) is 1. The van der Waals surface area contributed by atoms with Crippen LogP contribution in [0.2, 0.25) is 10.0 Å². The van der Waals surface area contributed by atoms with Crippen molar-refractivity contribution in [3.05, 3.63) is 39.9 Å². The molecular weight excluding hydrogens is 230 g/mol. The Kier molecular flexibility index (Phi) is 4.43. The number of benzene rings is 1. The average molecular weight is 238 g/mol. The van der Waals surface area contributed by atoms with Gasteiger partial charge in [0.05, 0.1) is 10.0 Å². The van der Waals surface area contributed by atoms with Crippen molar-refractivity contribution >= 4 is 34.8 Å². The first kappa shape index (κ1) is 10.7. The molecule has 0 N–H and O–H groups in total. The van der Waals surface area contributed by atoms with Crippen LogP contribution in [-0.4, -0.2) is 6.61 Å². The van der Waals surface area contributed by atoms with Crippen molar-refractivity contribution in [1.29, 1.82) is 0 Å². The molecule has 0 bridgehead atoms. The van der Waals surface area contributed by atoms with Gasteiger partial charge in [0.2, 0.25) is 0 Å². The Morgan fingerprint density at radius 1 is 1.23 bits per heavy atom. The zero-order valence-corrected chi connectivity index (χ0v) is 8.90. The Morgan fingerprint density at radius 2 is 1.85 bits per heavy atom. The molecule has 0 fully saturated rings. The quantitative estimate of drug-likeness (QED) is 0.768. The maximum atomic E-state index is 5.84. The number of hydrogen-bond donors (Lipinski definition) is 0. The van der Waals surface area contributed by atoms with Gasteiger partial charge in [0.15, 0.2) is 5.75 Å². The van der Waals surface area contributed by atoms with Gasteiger partial charge in [-0.3, -0.25) is 0 Å². The van der Waals surface area contributed by atoms with Gasteiger partial charge in [-0.2, -0.15) is 0 Å². The predicted octanol–water partition coefficient (Wildman–Crippen LogP) is 4.12. The van der Waals surface area contributed by atoms with E-state index in [1.165, 1.54) is 5.54 Å². The smallest absolute Gasteiger partial charge is 0.156 e. The third kappa shape index (κ3) is 3.11. The summed E-state index contributed by atoms with van der Waals surface area (Å²) in [6, 6.07) is 5.19. The summed E-state index contributed by atoms with van der Waals surface area (Å²) < 4.78 is 5.27. The van der Waals surface area contributed by atoms with Crippen molar-refractivity contribution in [3.63, 3.8) is 0 Å². The molecule has 0 saturated carbocycles. The average Bonchev–Trinajstić information content (AvgIpc) is 2.10. The van der Waals surface area contributed by atoms with Crippen molar-refractivity contribution in [2.24, 2.45) is 0 Å². The van der Waals surface area contributed by atoms with Crippen molar-refractivity contribution < 1.29 is 4.74 Å². The summed E-state index contributed by atoms with van der Waals surface area (Å²) in [7, 11) is 0. The van der Waals surface area contributed by atoms with E-state index in [2.05, 4.69) is 0 Å². The molecule has 70 valence electrons. The van der Waals surface area contributed by atoms with Gasteiger partial charge in [-0.1, -0.05) is 40.9 Å². The van der Waals surface area contributed by atoms with Gasteiger partial charge >= 0.3 is 0 Å². The molecule has 4 heteroatoms. The highest BCUT2D eigenvalue weighted by atomic mass is 35.5. The second kappa shape index (κ2) is 5.38. The highest BCUT2D eigenvalue weighted by Gasteiger charge is 2.04. The van der Waals surface area contributed by atoms with Gasteiger partial charge in [0.25, 0.3) is 0 Å². The lowest BCUT2D eigenvalue weighted by atomic mass is 10.3. The molecule has 0 heterocycles. The summed E-state index contributed by atoms with van der Waals surface area (Å²) in [6.07, 6.45) is 1.65. The van der Waals surface area contributed by atoms with Crippen molar-refractivity contribution in [1.82, 2.24) is 0 Å². The Balaban J connectivity index is 2.75. The van der Waals surface area contributed by atoms with Crippen molar-refractivity contribution in [2.45, 2.75) is 0 Å². The van der Waals surface area contributed by atoms with Crippen LogP contribution in [0.5, 0.6) is 5.75 Å². The van der Waals surface area contributed by atoms with E-state index in [9.17, 15) is 0 Å². The normalized spacial score (nSPS) is 10.7. The first-order valence-electron chi connectivity index (χ1n) is 3.57. The van der Waals surface area contributed by atoms with Gasteiger partial charge in [-0.05, 0) is 18.2 Å². The minimum atomic E-state index is 0.354. The summed E-state index contributed by atoms with van der Waals surface area (Å²) in [4.78, 5) is 0. The minimum absolute atomic E-state index is 0.354. The summed E-state index contributed by atoms with van der Waals surface area (Å²) in [5.74, 6) is 0.487. The molecule has 1 rings (SSSR count). The topological polar surface area (TPSA) is 9.23 Å². The number of para-hydroxylation sites is 1. The molecule has 0 aliphatic heterocycles. The minimum Gasteiger partial charge on any atom is -0.486 e. The second-order valence-electron chi connectivity index (χ2n) is 2.22. The van der Waals surface area contributed by atoms with E-state index in [1.807, 2.05) is 0 Å². The molecule has 0 aliphatic carbocycles. The van der Waals surface area contributed by atoms with Crippen LogP contribution in [0.1, 0.15) is 0 Å². The van der Waals surface area contributed by atoms with Crippen molar-refractivity contribution in [3.8, 4) is 5.75 Å². The zero-order valence-electron chi connectivity index (χ0n) is 6.64. The number of rotatable bonds is 3. The van der Waals surface area contributed by atoms with E-state index < -0.39 is 0 Å². The molecule has 13 heavy (non-hydrogen) atoms. The van der Waals surface area contributed by atoms with Gasteiger partial charge < -0.3 is 4.74 Å². The summed E-state index contributed by atoms with van der Waals surface area (Å²) in [6.45, 7) is 0.354. The molecule has 1 aromatic carbocycles. The Hall–Kier alpha value is -0.370. The van der Waals surface area contributed by atoms with E-state index in [0.29, 0.717) is 22.4 Å². The van der Waals surface area contributed by atoms with Crippen LogP contribution in [0, 0.1) is 0 Å². The maximum absolute atomic E-state index is 5.84. The van der Waals surface area contributed by atoms with Crippen LogP contribution in [0.4, 0.5) is 0 Å². The van der Waals surface area contributed by atoms with Gasteiger partial charge in [0.1, 0.15) is 6.61 Å². The van der Waals surface area contributed by atoms with E-state index in [4.69, 9.17) is 39.5 Å². The van der Waals surface area contributed by atoms with Gasteiger partial charge in [-0.15, -0.1) is 0 Å². The predicted molar refractivity (Wildman–Crippen MR) is 57.0 cm³/mol. The largest absolute Gasteiger partial charge is 0.486 e. The van der Waals surface area contributed by atoms with Crippen LogP contribution in [-0.2, 0) is 0 Å². The number of halogens is 3. The molecule has 1 nitrogen and oxygen atoms in total. The zero-order chi connectivity index (χ0) is 9.68. The Bertz CT molecular complexity index is 289. The molecule has 0 radical (unpaired) electrons. The summed E-state index contributed by atoms with van der Waals surface area (Å²) in [5, 5.41) is 0.992. The molecule has 0 aliphatic rings. The highest BCUT2D eigenvalue weighted by Crippen LogP contribution is 2.32. The molecule has 0 amide bonds. The maximum Gasteiger partial charge on any atom is 0.156 e. The fourth-order valence-corrected chi connectivity index (χ4v) is 1.37. The number of ether oxygens (including phenoxy) is 1. The van der Waals surface area contributed by atoms with Crippen LogP contribution < -0.4 is 4.74 Å². The third-order valence-corrected chi connectivity index (χ3v) is 2.11. The van der Waals surface area contributed by atoms with Gasteiger partial charge in [0, 0.05) is 5.54 Å². The molecule has 0 saturated heterocycles. The van der Waals surface area contributed by atoms with Crippen LogP contribution in [0.3, 0.4) is 0 Å². The monoisotopic (exact) mass is 236 g/mol. The Morgan fingerprint density at radius 3 is 2.38 bits per heavy atom. The lowest BCUT2D eigenvalue weighted by Gasteiger charge is -2.06. The first-order valence-corrected chi connectivity index (χ1v) is 4.77. The van der Waals surface area contributed by atoms with E-state index in [0.717, 1.165) is 0 Å². The lowest BCUT2D eigenvalue weighted by Crippen LogP contribution is -1.94. The fourth-order valence-electron chi connectivity index (χ4n) is 0.788. The molecule has 0 aromatic heterocycles. The van der Waals surface area contributed by atoms with Crippen LogP contribution in [0.25, 0.3) is 0 Å². The fraction of sp³-hybridized carbons (Fsp3) is 0.111. The SMILES string of the molecule is Cl/C=C/COc1c(Cl)cccc1Cl. The van der Waals surface area contributed by atoms with Crippen LogP contribution >= 0.6 is 34.8 Å². The second-order valence-corrected chi connectivity index (χ2v) is 3.29. The third-order valence-electron chi connectivity index (χ3n) is 1.33. The van der Waals surface area contributed by atoms with Crippen molar-refractivity contribution in [2.75, 3.05) is 6.61 Å². The Labute approximate surface area is 91.9 Å². The first-order chi connectivity index (χ1) is 6.25. The van der Waals surface area contributed by atoms with E-state index in [-0.39, 0.29) is 0 Å². The molecule has 0 spiro atoms. The lowest BCUT2D eigenvalue weighted by molar-refractivity contribution is 0.363. The van der Waals surface area contributed by atoms with Crippen LogP contribution in [0.15, 0.2) is 29.8 Å². The van der Waals surface area contributed by atoms with E-state index in [1.54, 1.807) is 24.3 Å². The summed E-state index contributed by atoms with van der Waals surface area (Å²) >= 11 is 17.0. The molecular formula is C9H7Cl3O. The highest BCUT2D eigenvalue weighted by molar-refractivity contribution is 6.37.